The first-order chi connectivity index (χ1) is 16.9. The second-order valence-corrected chi connectivity index (χ2v) is 8.56. The largest absolute Gasteiger partial charge is 0.497 e. The molecule has 3 aromatic rings. The van der Waals surface area contributed by atoms with E-state index in [0.717, 1.165) is 10.5 Å². The van der Waals surface area contributed by atoms with E-state index in [9.17, 15) is 14.4 Å². The maximum Gasteiger partial charge on any atom is 0.337 e. The smallest absolute Gasteiger partial charge is 0.337 e. The molecule has 0 saturated carbocycles. The summed E-state index contributed by atoms with van der Waals surface area (Å²) in [4.78, 5) is 46.1. The first kappa shape index (κ1) is 22.9. The third-order valence-electron chi connectivity index (χ3n) is 6.20. The summed E-state index contributed by atoms with van der Waals surface area (Å²) in [6, 6.07) is 19.8. The number of carbonyl (C=O) groups excluding carboxylic acids is 3. The fourth-order valence-corrected chi connectivity index (χ4v) is 4.61. The topological polar surface area (TPSA) is 85.4 Å². The molecule has 0 radical (unpaired) electrons. The minimum Gasteiger partial charge on any atom is -0.497 e. The molecule has 35 heavy (non-hydrogen) atoms. The van der Waals surface area contributed by atoms with Crippen molar-refractivity contribution in [3.63, 3.8) is 0 Å². The maximum absolute atomic E-state index is 13.7. The summed E-state index contributed by atoms with van der Waals surface area (Å²) in [7, 11) is 2.86. The number of halogens is 1. The van der Waals surface area contributed by atoms with Crippen molar-refractivity contribution >= 4 is 40.8 Å². The third kappa shape index (κ3) is 3.90. The van der Waals surface area contributed by atoms with Crippen LogP contribution in [-0.4, -0.2) is 38.1 Å². The molecule has 8 nitrogen and oxygen atoms in total. The fraction of sp³-hybridized carbons (Fsp3) is 0.192. The van der Waals surface area contributed by atoms with Crippen LogP contribution in [0.4, 0.5) is 11.4 Å². The quantitative estimate of drug-likeness (QED) is 0.390. The molecule has 2 saturated heterocycles. The molecule has 0 spiro atoms. The Kier molecular flexibility index (Phi) is 5.92. The Labute approximate surface area is 206 Å². The molecule has 0 bridgehead atoms. The van der Waals surface area contributed by atoms with Crippen LogP contribution >= 0.6 is 11.6 Å². The van der Waals surface area contributed by atoms with Crippen molar-refractivity contribution in [1.82, 2.24) is 0 Å². The number of nitrogens with zero attached hydrogens (tertiary/aromatic N) is 2. The van der Waals surface area contributed by atoms with Gasteiger partial charge in [-0.15, -0.1) is 0 Å². The Morgan fingerprint density at radius 3 is 2.09 bits per heavy atom. The molecule has 2 aliphatic heterocycles. The van der Waals surface area contributed by atoms with Gasteiger partial charge in [-0.05, 0) is 66.2 Å². The van der Waals surface area contributed by atoms with Gasteiger partial charge in [0.15, 0.2) is 6.10 Å². The van der Waals surface area contributed by atoms with Gasteiger partial charge in [0.05, 0.1) is 37.2 Å². The van der Waals surface area contributed by atoms with Crippen LogP contribution in [0.1, 0.15) is 22.0 Å². The Morgan fingerprint density at radius 1 is 0.857 bits per heavy atom. The van der Waals surface area contributed by atoms with E-state index in [2.05, 4.69) is 0 Å². The van der Waals surface area contributed by atoms with Gasteiger partial charge in [-0.2, -0.15) is 0 Å². The molecule has 2 fully saturated rings. The number of hydroxylamine groups is 1. The number of amides is 2. The van der Waals surface area contributed by atoms with Crippen molar-refractivity contribution in [2.24, 2.45) is 5.92 Å². The van der Waals surface area contributed by atoms with E-state index in [4.69, 9.17) is 25.9 Å². The van der Waals surface area contributed by atoms with E-state index in [1.54, 1.807) is 60.7 Å². The fourth-order valence-electron chi connectivity index (χ4n) is 4.49. The SMILES string of the molecule is COC(=O)c1ccc(N2C(=O)[C@H]3[C@@H](ON(c4ccc(Cl)cc4)[C@H]3c3ccc(OC)cc3)C2=O)cc1. The zero-order valence-corrected chi connectivity index (χ0v) is 19.6. The lowest BCUT2D eigenvalue weighted by Crippen LogP contribution is -2.37. The summed E-state index contributed by atoms with van der Waals surface area (Å²) in [5, 5.41) is 2.16. The summed E-state index contributed by atoms with van der Waals surface area (Å²) >= 11 is 6.06. The van der Waals surface area contributed by atoms with Gasteiger partial charge in [-0.1, -0.05) is 23.7 Å². The number of hydrogen-bond acceptors (Lipinski definition) is 7. The van der Waals surface area contributed by atoms with Crippen LogP contribution in [0.15, 0.2) is 72.8 Å². The third-order valence-corrected chi connectivity index (χ3v) is 6.45. The van der Waals surface area contributed by atoms with E-state index >= 15 is 0 Å². The normalized spacial score (nSPS) is 21.3. The molecule has 0 N–H and O–H groups in total. The highest BCUT2D eigenvalue weighted by atomic mass is 35.5. The number of ether oxygens (including phenoxy) is 2. The number of methoxy groups -OCH3 is 2. The maximum atomic E-state index is 13.7. The predicted octanol–water partition coefficient (Wildman–Crippen LogP) is 4.19. The van der Waals surface area contributed by atoms with Crippen molar-refractivity contribution in [3.05, 3.63) is 88.9 Å². The van der Waals surface area contributed by atoms with Crippen LogP contribution in [0, 0.1) is 5.92 Å². The number of anilines is 2. The van der Waals surface area contributed by atoms with Crippen LogP contribution in [0.5, 0.6) is 5.75 Å². The minimum atomic E-state index is -1.01. The van der Waals surface area contributed by atoms with E-state index < -0.39 is 29.9 Å². The van der Waals surface area contributed by atoms with Gasteiger partial charge in [0.25, 0.3) is 5.91 Å². The van der Waals surface area contributed by atoms with Crippen molar-refractivity contribution in [2.45, 2.75) is 12.1 Å². The second kappa shape index (κ2) is 9.05. The van der Waals surface area contributed by atoms with E-state index in [0.29, 0.717) is 27.7 Å². The van der Waals surface area contributed by atoms with Crippen molar-refractivity contribution in [3.8, 4) is 5.75 Å². The highest BCUT2D eigenvalue weighted by Gasteiger charge is 2.60. The molecule has 0 aromatic heterocycles. The van der Waals surface area contributed by atoms with Gasteiger partial charge >= 0.3 is 5.97 Å². The lowest BCUT2D eigenvalue weighted by atomic mass is 9.90. The van der Waals surface area contributed by atoms with Crippen LogP contribution in [0.2, 0.25) is 5.02 Å². The molecule has 0 aliphatic carbocycles. The molecule has 3 atom stereocenters. The monoisotopic (exact) mass is 492 g/mol. The van der Waals surface area contributed by atoms with E-state index in [1.807, 2.05) is 12.1 Å². The summed E-state index contributed by atoms with van der Waals surface area (Å²) in [5.41, 5.74) is 2.13. The van der Waals surface area contributed by atoms with E-state index in [1.165, 1.54) is 19.2 Å². The highest BCUT2D eigenvalue weighted by Crippen LogP contribution is 2.47. The van der Waals surface area contributed by atoms with Crippen LogP contribution < -0.4 is 14.7 Å². The molecular weight excluding hydrogens is 472 g/mol. The zero-order chi connectivity index (χ0) is 24.7. The van der Waals surface area contributed by atoms with Crippen LogP contribution in [-0.2, 0) is 19.2 Å². The average molecular weight is 493 g/mol. The Morgan fingerprint density at radius 2 is 1.49 bits per heavy atom. The Hall–Kier alpha value is -3.88. The minimum absolute atomic E-state index is 0.316. The number of esters is 1. The molecule has 3 aromatic carbocycles. The molecule has 9 heteroatoms. The summed E-state index contributed by atoms with van der Waals surface area (Å²) < 4.78 is 9.99. The van der Waals surface area contributed by atoms with Gasteiger partial charge in [0.1, 0.15) is 11.7 Å². The molecular formula is C26H21ClN2O6. The standard InChI is InChI=1S/C26H21ClN2O6/c1-33-20-13-5-15(6-14-20)22-21-23(35-29(22)19-11-7-17(27)8-12-19)25(31)28(24(21)30)18-9-3-16(4-10-18)26(32)34-2/h3-14,21-23H,1-2H3/t21-,22+,23-/m1/s1. The molecule has 0 unspecified atom stereocenters. The number of benzene rings is 3. The van der Waals surface area contributed by atoms with Gasteiger partial charge in [0.2, 0.25) is 5.91 Å². The zero-order valence-electron chi connectivity index (χ0n) is 18.9. The lowest BCUT2D eigenvalue weighted by molar-refractivity contribution is -0.126. The van der Waals surface area contributed by atoms with Gasteiger partial charge < -0.3 is 9.47 Å². The van der Waals surface area contributed by atoms with Crippen LogP contribution in [0.3, 0.4) is 0 Å². The number of carbonyl (C=O) groups is 3. The number of imide groups is 1. The Bertz CT molecular complexity index is 1280. The second-order valence-electron chi connectivity index (χ2n) is 8.12. The summed E-state index contributed by atoms with van der Waals surface area (Å²) in [6.45, 7) is 0. The molecule has 5 rings (SSSR count). The lowest BCUT2D eigenvalue weighted by Gasteiger charge is -2.29. The molecule has 178 valence electrons. The average Bonchev–Trinajstić information content (AvgIpc) is 3.40. The van der Waals surface area contributed by atoms with Gasteiger partial charge in [-0.25, -0.2) is 14.8 Å². The summed E-state index contributed by atoms with van der Waals surface area (Å²) in [6.07, 6.45) is -1.01. The van der Waals surface area contributed by atoms with Gasteiger partial charge in [0, 0.05) is 5.02 Å². The predicted molar refractivity (Wildman–Crippen MR) is 128 cm³/mol. The first-order valence-corrected chi connectivity index (χ1v) is 11.2. The molecule has 2 heterocycles. The van der Waals surface area contributed by atoms with Gasteiger partial charge in [-0.3, -0.25) is 14.4 Å². The Balaban J connectivity index is 1.52. The van der Waals surface area contributed by atoms with Crippen molar-refractivity contribution < 1.29 is 28.7 Å². The van der Waals surface area contributed by atoms with Crippen molar-refractivity contribution in [1.29, 1.82) is 0 Å². The summed E-state index contributed by atoms with van der Waals surface area (Å²) in [5.74, 6) is -1.48. The first-order valence-electron chi connectivity index (χ1n) is 10.8. The van der Waals surface area contributed by atoms with Crippen molar-refractivity contribution in [2.75, 3.05) is 24.2 Å². The highest BCUT2D eigenvalue weighted by molar-refractivity contribution is 6.30. The van der Waals surface area contributed by atoms with Crippen LogP contribution in [0.25, 0.3) is 0 Å². The molecule has 2 amide bonds. The number of hydrogen-bond donors (Lipinski definition) is 0. The molecule has 2 aliphatic rings. The van der Waals surface area contributed by atoms with E-state index in [-0.39, 0.29) is 5.91 Å². The number of rotatable bonds is 5. The number of fused-ring (bicyclic) bond motifs is 1.